The van der Waals surface area contributed by atoms with Crippen LogP contribution in [0.15, 0.2) is 52.2 Å². The molecule has 3 rings (SSSR count). The molecule has 6 nitrogen and oxygen atoms in total. The van der Waals surface area contributed by atoms with Crippen molar-refractivity contribution in [2.24, 2.45) is 11.0 Å². The first kappa shape index (κ1) is 18.0. The lowest BCUT2D eigenvalue weighted by Gasteiger charge is -2.35. The fourth-order valence-electron chi connectivity index (χ4n) is 2.78. The summed E-state index contributed by atoms with van der Waals surface area (Å²) in [7, 11) is 1.46. The Balaban J connectivity index is 2.08. The number of halogens is 3. The summed E-state index contributed by atoms with van der Waals surface area (Å²) in [6.07, 6.45) is -3.99. The van der Waals surface area contributed by atoms with Crippen LogP contribution in [-0.2, 0) is 0 Å². The van der Waals surface area contributed by atoms with E-state index in [-0.39, 0.29) is 16.5 Å². The molecule has 9 heteroatoms. The van der Waals surface area contributed by atoms with Crippen LogP contribution in [0.4, 0.5) is 13.2 Å². The lowest BCUT2D eigenvalue weighted by Crippen LogP contribution is -2.60. The Morgan fingerprint density at radius 3 is 2.46 bits per heavy atom. The van der Waals surface area contributed by atoms with Gasteiger partial charge in [-0.05, 0) is 42.0 Å². The van der Waals surface area contributed by atoms with Crippen molar-refractivity contribution in [3.63, 3.8) is 0 Å². The molecule has 1 aromatic carbocycles. The molecule has 1 aliphatic rings. The first-order valence-corrected chi connectivity index (χ1v) is 7.60. The van der Waals surface area contributed by atoms with Gasteiger partial charge in [0.25, 0.3) is 5.72 Å². The number of carbonyl (C=O) groups excluding carboxylic acids is 1. The predicted molar refractivity (Wildman–Crippen MR) is 84.6 cm³/mol. The van der Waals surface area contributed by atoms with Gasteiger partial charge in [0.05, 0.1) is 25.0 Å². The van der Waals surface area contributed by atoms with Crippen molar-refractivity contribution in [1.29, 1.82) is 0 Å². The number of alkyl halides is 3. The molecular weight excluding hydrogens is 353 g/mol. The summed E-state index contributed by atoms with van der Waals surface area (Å²) in [5, 5.41) is 14.3. The van der Waals surface area contributed by atoms with E-state index in [2.05, 4.69) is 5.10 Å². The molecule has 138 valence electrons. The number of hydrogen-bond donors (Lipinski definition) is 1. The first-order valence-electron chi connectivity index (χ1n) is 7.60. The molecule has 0 aliphatic carbocycles. The topological polar surface area (TPSA) is 75.3 Å². The average molecular weight is 368 g/mol. The molecule has 26 heavy (non-hydrogen) atoms. The van der Waals surface area contributed by atoms with Gasteiger partial charge in [0, 0.05) is 0 Å². The van der Waals surface area contributed by atoms with Gasteiger partial charge in [0.1, 0.15) is 5.75 Å². The maximum atomic E-state index is 13.7. The molecule has 0 fully saturated rings. The molecule has 1 amide bonds. The number of hydrazone groups is 1. The number of benzene rings is 1. The van der Waals surface area contributed by atoms with Gasteiger partial charge in [-0.1, -0.05) is 6.92 Å². The molecule has 0 spiro atoms. The summed E-state index contributed by atoms with van der Waals surface area (Å²) in [6.45, 7) is 1.16. The first-order chi connectivity index (χ1) is 12.2. The zero-order valence-electron chi connectivity index (χ0n) is 13.8. The van der Waals surface area contributed by atoms with E-state index < -0.39 is 23.7 Å². The van der Waals surface area contributed by atoms with Crippen LogP contribution in [0.1, 0.15) is 23.0 Å². The summed E-state index contributed by atoms with van der Waals surface area (Å²) < 4.78 is 50.9. The second-order valence-corrected chi connectivity index (χ2v) is 5.75. The van der Waals surface area contributed by atoms with Crippen LogP contribution in [0, 0.1) is 5.92 Å². The molecule has 1 N–H and O–H groups in total. The minimum atomic E-state index is -5.13. The smallest absolute Gasteiger partial charge is 0.439 e. The fourth-order valence-corrected chi connectivity index (χ4v) is 2.78. The molecule has 2 atom stereocenters. The van der Waals surface area contributed by atoms with E-state index in [1.54, 1.807) is 12.1 Å². The Labute approximate surface area is 146 Å². The highest BCUT2D eigenvalue weighted by atomic mass is 19.4. The third kappa shape index (κ3) is 2.64. The molecule has 2 unspecified atom stereocenters. The number of furan rings is 1. The van der Waals surface area contributed by atoms with Crippen LogP contribution in [0.25, 0.3) is 0 Å². The Morgan fingerprint density at radius 2 is 1.96 bits per heavy atom. The Hall–Kier alpha value is -2.81. The second-order valence-electron chi connectivity index (χ2n) is 5.75. The van der Waals surface area contributed by atoms with Crippen LogP contribution >= 0.6 is 0 Å². The van der Waals surface area contributed by atoms with E-state index >= 15 is 0 Å². The van der Waals surface area contributed by atoms with Gasteiger partial charge >= 0.3 is 12.1 Å². The standard InChI is InChI=1S/C17H15F3N2O4/c1-10-14(11-5-7-12(25-2)8-6-11)21-22(16(10,24)17(18,19)20)15(23)13-4-3-9-26-13/h3-10,24H,1-2H3. The molecule has 1 aromatic heterocycles. The van der Waals surface area contributed by atoms with Crippen LogP contribution in [0.3, 0.4) is 0 Å². The largest absolute Gasteiger partial charge is 0.497 e. The van der Waals surface area contributed by atoms with E-state index in [0.29, 0.717) is 11.3 Å². The monoisotopic (exact) mass is 368 g/mol. The maximum Gasteiger partial charge on any atom is 0.439 e. The van der Waals surface area contributed by atoms with Gasteiger partial charge in [-0.25, -0.2) is 0 Å². The van der Waals surface area contributed by atoms with Gasteiger partial charge in [-0.3, -0.25) is 4.79 Å². The van der Waals surface area contributed by atoms with Gasteiger partial charge < -0.3 is 14.3 Å². The number of amides is 1. The van der Waals surface area contributed by atoms with E-state index in [1.165, 1.54) is 31.4 Å². The summed E-state index contributed by atoms with van der Waals surface area (Å²) in [5.74, 6) is -2.56. The van der Waals surface area contributed by atoms with E-state index in [4.69, 9.17) is 9.15 Å². The third-order valence-electron chi connectivity index (χ3n) is 4.27. The fraction of sp³-hybridized carbons (Fsp3) is 0.294. The molecule has 2 aromatic rings. The molecule has 2 heterocycles. The van der Waals surface area contributed by atoms with Crippen molar-refractivity contribution in [3.8, 4) is 5.75 Å². The van der Waals surface area contributed by atoms with Crippen molar-refractivity contribution < 1.29 is 32.2 Å². The highest BCUT2D eigenvalue weighted by Gasteiger charge is 2.67. The summed E-state index contributed by atoms with van der Waals surface area (Å²) in [4.78, 5) is 12.4. The number of hydrogen-bond acceptors (Lipinski definition) is 5. The van der Waals surface area contributed by atoms with Crippen LogP contribution < -0.4 is 4.74 Å². The van der Waals surface area contributed by atoms with Crippen LogP contribution in [-0.4, -0.2) is 40.7 Å². The number of rotatable bonds is 3. The molecule has 0 radical (unpaired) electrons. The number of methoxy groups -OCH3 is 1. The van der Waals surface area contributed by atoms with Crippen molar-refractivity contribution in [1.82, 2.24) is 5.01 Å². The van der Waals surface area contributed by atoms with Crippen LogP contribution in [0.5, 0.6) is 5.75 Å². The predicted octanol–water partition coefficient (Wildman–Crippen LogP) is 3.04. The zero-order chi connectivity index (χ0) is 19.1. The lowest BCUT2D eigenvalue weighted by molar-refractivity contribution is -0.310. The second kappa shape index (κ2) is 6.17. The number of aliphatic hydroxyl groups is 1. The molecular formula is C17H15F3N2O4. The average Bonchev–Trinajstić information content (AvgIpc) is 3.23. The number of carbonyl (C=O) groups is 1. The SMILES string of the molecule is COc1ccc(C2=NN(C(=O)c3ccco3)C(O)(C(F)(F)F)C2C)cc1. The van der Waals surface area contributed by atoms with Crippen molar-refractivity contribution >= 4 is 11.6 Å². The van der Waals surface area contributed by atoms with Gasteiger partial charge in [0.2, 0.25) is 0 Å². The highest BCUT2D eigenvalue weighted by molar-refractivity contribution is 6.06. The summed E-state index contributed by atoms with van der Waals surface area (Å²) in [6, 6.07) is 8.66. The summed E-state index contributed by atoms with van der Waals surface area (Å²) in [5.41, 5.74) is -3.24. The Bertz CT molecular complexity index is 831. The van der Waals surface area contributed by atoms with E-state index in [0.717, 1.165) is 13.2 Å². The third-order valence-corrected chi connectivity index (χ3v) is 4.27. The molecule has 0 saturated heterocycles. The minimum absolute atomic E-state index is 0.0378. The van der Waals surface area contributed by atoms with E-state index in [1.807, 2.05) is 0 Å². The molecule has 0 bridgehead atoms. The number of ether oxygens (including phenoxy) is 1. The molecule has 0 saturated carbocycles. The van der Waals surface area contributed by atoms with Gasteiger partial charge in [-0.2, -0.15) is 23.3 Å². The lowest BCUT2D eigenvalue weighted by atomic mass is 9.89. The summed E-state index contributed by atoms with van der Waals surface area (Å²) >= 11 is 0. The number of nitrogens with zero attached hydrogens (tertiary/aromatic N) is 2. The highest BCUT2D eigenvalue weighted by Crippen LogP contribution is 2.45. The zero-order valence-corrected chi connectivity index (χ0v) is 13.8. The van der Waals surface area contributed by atoms with Crippen molar-refractivity contribution in [3.05, 3.63) is 54.0 Å². The minimum Gasteiger partial charge on any atom is -0.497 e. The Morgan fingerprint density at radius 1 is 1.31 bits per heavy atom. The molecule has 1 aliphatic heterocycles. The van der Waals surface area contributed by atoms with Crippen molar-refractivity contribution in [2.45, 2.75) is 18.8 Å². The quantitative estimate of drug-likeness (QED) is 0.904. The van der Waals surface area contributed by atoms with Crippen LogP contribution in [0.2, 0.25) is 0 Å². The van der Waals surface area contributed by atoms with Gasteiger partial charge in [-0.15, -0.1) is 0 Å². The Kier molecular flexibility index (Phi) is 4.27. The maximum absolute atomic E-state index is 13.7. The normalized spacial score (nSPS) is 23.1. The van der Waals surface area contributed by atoms with E-state index in [9.17, 15) is 23.1 Å². The van der Waals surface area contributed by atoms with Crippen molar-refractivity contribution in [2.75, 3.05) is 7.11 Å². The van der Waals surface area contributed by atoms with Gasteiger partial charge in [0.15, 0.2) is 5.76 Å².